The van der Waals surface area contributed by atoms with Crippen molar-refractivity contribution in [3.05, 3.63) is 12.4 Å². The third-order valence-corrected chi connectivity index (χ3v) is 2.17. The largest absolute Gasteiger partial charge is 0.474 e. The molecule has 0 bridgehead atoms. The van der Waals surface area contributed by atoms with Crippen molar-refractivity contribution in [1.82, 2.24) is 9.97 Å². The molecular weight excluding hydrogens is 216 g/mol. The number of hydrogen-bond acceptors (Lipinski definition) is 5. The second-order valence-electron chi connectivity index (χ2n) is 4.16. The van der Waals surface area contributed by atoms with Gasteiger partial charge in [0.25, 0.3) is 0 Å². The van der Waals surface area contributed by atoms with E-state index in [2.05, 4.69) is 21.8 Å². The predicted molar refractivity (Wildman–Crippen MR) is 69.4 cm³/mol. The molecule has 1 aromatic heterocycles. The van der Waals surface area contributed by atoms with Crippen molar-refractivity contribution in [2.24, 2.45) is 5.73 Å². The Bertz CT molecular complexity index is 324. The Hall–Kier alpha value is -1.36. The Morgan fingerprint density at radius 2 is 2.12 bits per heavy atom. The minimum atomic E-state index is 0.105. The predicted octanol–water partition coefficient (Wildman–Crippen LogP) is 1.44. The normalized spacial score (nSPS) is 10.6. The summed E-state index contributed by atoms with van der Waals surface area (Å²) in [6, 6.07) is 0. The molecule has 1 rings (SSSR count). The molecule has 0 saturated carbocycles. The average Bonchev–Trinajstić information content (AvgIpc) is 2.28. The molecule has 0 atom stereocenters. The first kappa shape index (κ1) is 13.7. The summed E-state index contributed by atoms with van der Waals surface area (Å²) < 4.78 is 5.53. The van der Waals surface area contributed by atoms with Crippen molar-refractivity contribution in [2.45, 2.75) is 33.3 Å². The first-order valence-electron chi connectivity index (χ1n) is 6.11. The number of anilines is 1. The fourth-order valence-corrected chi connectivity index (χ4v) is 1.56. The van der Waals surface area contributed by atoms with Crippen LogP contribution in [0.4, 0.5) is 5.82 Å². The smallest absolute Gasteiger partial charge is 0.234 e. The zero-order valence-electron chi connectivity index (χ0n) is 10.9. The molecule has 0 saturated heterocycles. The van der Waals surface area contributed by atoms with Gasteiger partial charge in [-0.15, -0.1) is 0 Å². The third kappa shape index (κ3) is 4.56. The highest BCUT2D eigenvalue weighted by molar-refractivity contribution is 5.37. The Morgan fingerprint density at radius 3 is 2.71 bits per heavy atom. The lowest BCUT2D eigenvalue weighted by Gasteiger charge is -2.22. The van der Waals surface area contributed by atoms with Crippen LogP contribution in [0.2, 0.25) is 0 Å². The fourth-order valence-electron chi connectivity index (χ4n) is 1.56. The third-order valence-electron chi connectivity index (χ3n) is 2.17. The van der Waals surface area contributed by atoms with Crippen LogP contribution >= 0.6 is 0 Å². The molecular formula is C12H22N4O. The van der Waals surface area contributed by atoms with E-state index < -0.39 is 0 Å². The summed E-state index contributed by atoms with van der Waals surface area (Å²) in [5.41, 5.74) is 5.59. The van der Waals surface area contributed by atoms with Crippen molar-refractivity contribution >= 4 is 5.82 Å². The first-order valence-corrected chi connectivity index (χ1v) is 6.11. The second kappa shape index (κ2) is 7.06. The van der Waals surface area contributed by atoms with Crippen molar-refractivity contribution in [1.29, 1.82) is 0 Å². The Labute approximate surface area is 103 Å². The van der Waals surface area contributed by atoms with Crippen LogP contribution in [0.15, 0.2) is 12.4 Å². The number of aromatic nitrogens is 2. The minimum Gasteiger partial charge on any atom is -0.474 e. The topological polar surface area (TPSA) is 64.3 Å². The summed E-state index contributed by atoms with van der Waals surface area (Å²) in [5, 5.41) is 0. The van der Waals surface area contributed by atoms with Crippen LogP contribution < -0.4 is 15.4 Å². The lowest BCUT2D eigenvalue weighted by Crippen LogP contribution is -2.31. The van der Waals surface area contributed by atoms with Crippen LogP contribution in [0.3, 0.4) is 0 Å². The van der Waals surface area contributed by atoms with E-state index >= 15 is 0 Å². The highest BCUT2D eigenvalue weighted by Gasteiger charge is 2.08. The molecule has 17 heavy (non-hydrogen) atoms. The maximum atomic E-state index is 5.59. The van der Waals surface area contributed by atoms with Crippen LogP contribution in [0.1, 0.15) is 27.2 Å². The lowest BCUT2D eigenvalue weighted by atomic mass is 10.4. The van der Waals surface area contributed by atoms with Crippen LogP contribution in [-0.4, -0.2) is 35.7 Å². The molecule has 1 heterocycles. The molecule has 5 heteroatoms. The highest BCUT2D eigenvalue weighted by atomic mass is 16.5. The van der Waals surface area contributed by atoms with E-state index in [0.29, 0.717) is 12.4 Å². The quantitative estimate of drug-likeness (QED) is 0.778. The van der Waals surface area contributed by atoms with E-state index in [-0.39, 0.29) is 6.10 Å². The molecule has 0 aliphatic heterocycles. The van der Waals surface area contributed by atoms with Gasteiger partial charge < -0.3 is 15.4 Å². The molecule has 0 aliphatic rings. The van der Waals surface area contributed by atoms with Gasteiger partial charge >= 0.3 is 0 Å². The summed E-state index contributed by atoms with van der Waals surface area (Å²) in [6.45, 7) is 8.39. The summed E-state index contributed by atoms with van der Waals surface area (Å²) in [5.74, 6) is 1.39. The summed E-state index contributed by atoms with van der Waals surface area (Å²) >= 11 is 0. The standard InChI is InChI=1S/C12H22N4O/c1-4-6-16(7-5-13)11-8-14-9-12(15-11)17-10(2)3/h8-10H,4-7,13H2,1-3H3. The molecule has 0 radical (unpaired) electrons. The van der Waals surface area contributed by atoms with E-state index in [1.165, 1.54) is 0 Å². The molecule has 0 aliphatic carbocycles. The monoisotopic (exact) mass is 238 g/mol. The number of ether oxygens (including phenoxy) is 1. The van der Waals surface area contributed by atoms with Gasteiger partial charge in [-0.05, 0) is 20.3 Å². The van der Waals surface area contributed by atoms with Crippen molar-refractivity contribution in [2.75, 3.05) is 24.5 Å². The van der Waals surface area contributed by atoms with E-state index in [1.807, 2.05) is 13.8 Å². The van der Waals surface area contributed by atoms with E-state index in [9.17, 15) is 0 Å². The van der Waals surface area contributed by atoms with Crippen LogP contribution in [0.5, 0.6) is 5.88 Å². The first-order chi connectivity index (χ1) is 8.17. The van der Waals surface area contributed by atoms with Crippen molar-refractivity contribution in [3.8, 4) is 5.88 Å². The fraction of sp³-hybridized carbons (Fsp3) is 0.667. The number of hydrogen-bond donors (Lipinski definition) is 1. The maximum absolute atomic E-state index is 5.59. The minimum absolute atomic E-state index is 0.105. The molecule has 0 aromatic carbocycles. The van der Waals surface area contributed by atoms with Crippen molar-refractivity contribution < 1.29 is 4.74 Å². The van der Waals surface area contributed by atoms with E-state index in [0.717, 1.165) is 25.3 Å². The van der Waals surface area contributed by atoms with E-state index in [1.54, 1.807) is 12.4 Å². The van der Waals surface area contributed by atoms with E-state index in [4.69, 9.17) is 10.5 Å². The number of nitrogens with zero attached hydrogens (tertiary/aromatic N) is 3. The van der Waals surface area contributed by atoms with Gasteiger partial charge in [-0.1, -0.05) is 6.92 Å². The Morgan fingerprint density at radius 1 is 1.35 bits per heavy atom. The molecule has 5 nitrogen and oxygen atoms in total. The summed E-state index contributed by atoms with van der Waals surface area (Å²) in [4.78, 5) is 10.7. The SMILES string of the molecule is CCCN(CCN)c1cncc(OC(C)C)n1. The van der Waals surface area contributed by atoms with Gasteiger partial charge in [-0.25, -0.2) is 0 Å². The molecule has 0 spiro atoms. The zero-order valence-corrected chi connectivity index (χ0v) is 10.9. The zero-order chi connectivity index (χ0) is 12.7. The molecule has 0 fully saturated rings. The average molecular weight is 238 g/mol. The van der Waals surface area contributed by atoms with Crippen LogP contribution in [0, 0.1) is 0 Å². The van der Waals surface area contributed by atoms with Gasteiger partial charge in [0.1, 0.15) is 0 Å². The number of nitrogens with two attached hydrogens (primary N) is 1. The molecule has 2 N–H and O–H groups in total. The van der Waals surface area contributed by atoms with Gasteiger partial charge in [-0.2, -0.15) is 4.98 Å². The molecule has 1 aromatic rings. The summed E-state index contributed by atoms with van der Waals surface area (Å²) in [6.07, 6.45) is 4.54. The highest BCUT2D eigenvalue weighted by Crippen LogP contribution is 2.14. The van der Waals surface area contributed by atoms with Crippen molar-refractivity contribution in [3.63, 3.8) is 0 Å². The molecule has 96 valence electrons. The second-order valence-corrected chi connectivity index (χ2v) is 4.16. The lowest BCUT2D eigenvalue weighted by molar-refractivity contribution is 0.231. The van der Waals surface area contributed by atoms with Crippen LogP contribution in [0.25, 0.3) is 0 Å². The van der Waals surface area contributed by atoms with Gasteiger partial charge in [0.15, 0.2) is 5.82 Å². The molecule has 0 unspecified atom stereocenters. The number of rotatable bonds is 7. The Kier molecular flexibility index (Phi) is 5.69. The van der Waals surface area contributed by atoms with Crippen LogP contribution in [-0.2, 0) is 0 Å². The van der Waals surface area contributed by atoms with Gasteiger partial charge in [0.2, 0.25) is 5.88 Å². The Balaban J connectivity index is 2.79. The summed E-state index contributed by atoms with van der Waals surface area (Å²) in [7, 11) is 0. The van der Waals surface area contributed by atoms with Gasteiger partial charge in [0, 0.05) is 19.6 Å². The van der Waals surface area contributed by atoms with Gasteiger partial charge in [-0.3, -0.25) is 4.98 Å². The maximum Gasteiger partial charge on any atom is 0.234 e. The molecule has 0 amide bonds. The van der Waals surface area contributed by atoms with Gasteiger partial charge in [0.05, 0.1) is 18.5 Å².